The summed E-state index contributed by atoms with van der Waals surface area (Å²) in [6.45, 7) is 5.57. The van der Waals surface area contributed by atoms with Crippen molar-refractivity contribution in [3.8, 4) is 0 Å². The molecule has 1 aromatic carbocycles. The first-order chi connectivity index (χ1) is 16.0. The second-order valence-corrected chi connectivity index (χ2v) is 8.42. The van der Waals surface area contributed by atoms with E-state index in [1.54, 1.807) is 16.1 Å². The van der Waals surface area contributed by atoms with E-state index in [2.05, 4.69) is 6.92 Å². The van der Waals surface area contributed by atoms with Crippen LogP contribution in [0.25, 0.3) is 0 Å². The molecule has 6 nitrogen and oxygen atoms in total. The second-order valence-electron chi connectivity index (χ2n) is 8.42. The predicted molar refractivity (Wildman–Crippen MR) is 129 cm³/mol. The van der Waals surface area contributed by atoms with E-state index in [4.69, 9.17) is 4.42 Å². The molecular formula is C27H35N3O3. The first kappa shape index (κ1) is 24.4. The number of amides is 2. The maximum absolute atomic E-state index is 13.6. The Morgan fingerprint density at radius 3 is 2.36 bits per heavy atom. The number of aryl methyl sites for hydroxylation is 1. The highest BCUT2D eigenvalue weighted by atomic mass is 16.3. The van der Waals surface area contributed by atoms with Gasteiger partial charge in [0.15, 0.2) is 0 Å². The summed E-state index contributed by atoms with van der Waals surface area (Å²) in [6, 6.07) is 17.5. The van der Waals surface area contributed by atoms with E-state index in [9.17, 15) is 9.59 Å². The van der Waals surface area contributed by atoms with Gasteiger partial charge in [0.1, 0.15) is 5.76 Å². The molecule has 1 atom stereocenters. The van der Waals surface area contributed by atoms with Crippen molar-refractivity contribution in [2.24, 2.45) is 7.05 Å². The molecule has 0 saturated heterocycles. The van der Waals surface area contributed by atoms with Crippen molar-refractivity contribution >= 4 is 11.8 Å². The Bertz CT molecular complexity index is 995. The van der Waals surface area contributed by atoms with Gasteiger partial charge in [0, 0.05) is 25.5 Å². The van der Waals surface area contributed by atoms with Gasteiger partial charge >= 0.3 is 0 Å². The lowest BCUT2D eigenvalue weighted by Crippen LogP contribution is -2.44. The van der Waals surface area contributed by atoms with Crippen LogP contribution in [0, 0.1) is 0 Å². The van der Waals surface area contributed by atoms with Crippen LogP contribution in [0.4, 0.5) is 0 Å². The van der Waals surface area contributed by atoms with Crippen LogP contribution in [0.2, 0.25) is 0 Å². The standard InChI is InChI=1S/C27H35N3O3/c1-4-6-17-29(27(32)25(5-2)22-12-8-7-9-13-22)21-26(31)30(20-24-15-11-18-33-24)19-23-14-10-16-28(23)3/h7-16,18,25H,4-6,17,19-21H2,1-3H3. The van der Waals surface area contributed by atoms with E-state index >= 15 is 0 Å². The Labute approximate surface area is 196 Å². The second kappa shape index (κ2) is 12.1. The third-order valence-corrected chi connectivity index (χ3v) is 6.01. The van der Waals surface area contributed by atoms with Crippen LogP contribution in [0.3, 0.4) is 0 Å². The average Bonchev–Trinajstić information content (AvgIpc) is 3.49. The van der Waals surface area contributed by atoms with Gasteiger partial charge in [-0.1, -0.05) is 50.6 Å². The molecule has 6 heteroatoms. The maximum Gasteiger partial charge on any atom is 0.242 e. The van der Waals surface area contributed by atoms with Crippen LogP contribution in [0.5, 0.6) is 0 Å². The molecule has 3 aromatic rings. The van der Waals surface area contributed by atoms with E-state index in [-0.39, 0.29) is 24.3 Å². The van der Waals surface area contributed by atoms with Gasteiger partial charge in [-0.3, -0.25) is 9.59 Å². The van der Waals surface area contributed by atoms with Crippen LogP contribution >= 0.6 is 0 Å². The van der Waals surface area contributed by atoms with Gasteiger partial charge in [-0.25, -0.2) is 0 Å². The number of nitrogens with zero attached hydrogens (tertiary/aromatic N) is 3. The SMILES string of the molecule is CCCCN(CC(=O)N(Cc1ccco1)Cc1cccn1C)C(=O)C(CC)c1ccccc1. The fourth-order valence-corrected chi connectivity index (χ4v) is 4.02. The van der Waals surface area contributed by atoms with Crippen LogP contribution in [0.1, 0.15) is 56.0 Å². The van der Waals surface area contributed by atoms with Crippen molar-refractivity contribution in [1.82, 2.24) is 14.4 Å². The Balaban J connectivity index is 1.80. The molecule has 0 aliphatic carbocycles. The highest BCUT2D eigenvalue weighted by Crippen LogP contribution is 2.23. The van der Waals surface area contributed by atoms with Gasteiger partial charge in [-0.2, -0.15) is 0 Å². The molecule has 0 N–H and O–H groups in total. The zero-order valence-corrected chi connectivity index (χ0v) is 19.9. The molecule has 0 fully saturated rings. The van der Waals surface area contributed by atoms with Crippen molar-refractivity contribution < 1.29 is 14.0 Å². The normalized spacial score (nSPS) is 11.8. The summed E-state index contributed by atoms with van der Waals surface area (Å²) in [7, 11) is 1.97. The molecule has 2 amide bonds. The number of hydrogen-bond donors (Lipinski definition) is 0. The minimum Gasteiger partial charge on any atom is -0.467 e. The Kier molecular flexibility index (Phi) is 8.93. The van der Waals surface area contributed by atoms with E-state index in [0.717, 1.165) is 29.9 Å². The molecule has 0 saturated carbocycles. The van der Waals surface area contributed by atoms with Crippen molar-refractivity contribution in [3.63, 3.8) is 0 Å². The number of carbonyl (C=O) groups excluding carboxylic acids is 2. The van der Waals surface area contributed by atoms with Crippen molar-refractivity contribution in [2.75, 3.05) is 13.1 Å². The average molecular weight is 450 g/mol. The number of rotatable bonds is 12. The van der Waals surface area contributed by atoms with Crippen molar-refractivity contribution in [1.29, 1.82) is 0 Å². The number of unbranched alkanes of at least 4 members (excludes halogenated alkanes) is 1. The maximum atomic E-state index is 13.6. The molecule has 2 aromatic heterocycles. The first-order valence-electron chi connectivity index (χ1n) is 11.8. The lowest BCUT2D eigenvalue weighted by molar-refractivity contribution is -0.142. The summed E-state index contributed by atoms with van der Waals surface area (Å²) in [5, 5.41) is 0. The molecule has 1 unspecified atom stereocenters. The van der Waals surface area contributed by atoms with Crippen LogP contribution in [0.15, 0.2) is 71.5 Å². The van der Waals surface area contributed by atoms with Crippen LogP contribution < -0.4 is 0 Å². The minimum atomic E-state index is -0.248. The van der Waals surface area contributed by atoms with E-state index in [0.29, 0.717) is 26.1 Å². The number of hydrogen-bond acceptors (Lipinski definition) is 3. The summed E-state index contributed by atoms with van der Waals surface area (Å²) in [5.74, 6) is 0.407. The molecule has 0 aliphatic rings. The smallest absolute Gasteiger partial charge is 0.242 e. The number of carbonyl (C=O) groups is 2. The molecule has 0 radical (unpaired) electrons. The zero-order valence-electron chi connectivity index (χ0n) is 19.9. The van der Waals surface area contributed by atoms with E-state index in [1.807, 2.05) is 79.3 Å². The lowest BCUT2D eigenvalue weighted by Gasteiger charge is -2.30. The molecule has 176 valence electrons. The van der Waals surface area contributed by atoms with E-state index in [1.165, 1.54) is 0 Å². The summed E-state index contributed by atoms with van der Waals surface area (Å²) < 4.78 is 7.52. The van der Waals surface area contributed by atoms with Gasteiger partial charge in [0.2, 0.25) is 11.8 Å². The summed E-state index contributed by atoms with van der Waals surface area (Å²) in [5.41, 5.74) is 2.02. The third kappa shape index (κ3) is 6.60. The molecular weight excluding hydrogens is 414 g/mol. The van der Waals surface area contributed by atoms with Gasteiger partial charge < -0.3 is 18.8 Å². The third-order valence-electron chi connectivity index (χ3n) is 6.01. The van der Waals surface area contributed by atoms with Gasteiger partial charge in [0.25, 0.3) is 0 Å². The predicted octanol–water partition coefficient (Wildman–Crippen LogP) is 4.97. The molecule has 3 rings (SSSR count). The van der Waals surface area contributed by atoms with E-state index < -0.39 is 0 Å². The molecule has 0 bridgehead atoms. The summed E-state index contributed by atoms with van der Waals surface area (Å²) in [4.78, 5) is 30.6. The van der Waals surface area contributed by atoms with Gasteiger partial charge in [-0.05, 0) is 42.7 Å². The molecule has 0 spiro atoms. The van der Waals surface area contributed by atoms with Gasteiger partial charge in [0.05, 0.1) is 31.8 Å². The quantitative estimate of drug-likeness (QED) is 0.392. The lowest BCUT2D eigenvalue weighted by atomic mass is 9.95. The largest absolute Gasteiger partial charge is 0.467 e. The molecule has 33 heavy (non-hydrogen) atoms. The van der Waals surface area contributed by atoms with Crippen LogP contribution in [-0.2, 0) is 29.7 Å². The number of furan rings is 1. The fourth-order valence-electron chi connectivity index (χ4n) is 4.02. The monoisotopic (exact) mass is 449 g/mol. The number of benzene rings is 1. The Hall–Kier alpha value is -3.28. The van der Waals surface area contributed by atoms with Crippen molar-refractivity contribution in [2.45, 2.75) is 52.1 Å². The number of aromatic nitrogens is 1. The fraction of sp³-hybridized carbons (Fsp3) is 0.407. The highest BCUT2D eigenvalue weighted by molar-refractivity contribution is 5.88. The van der Waals surface area contributed by atoms with Gasteiger partial charge in [-0.15, -0.1) is 0 Å². The zero-order chi connectivity index (χ0) is 23.6. The minimum absolute atomic E-state index is 0.0160. The Morgan fingerprint density at radius 2 is 1.76 bits per heavy atom. The molecule has 2 heterocycles. The highest BCUT2D eigenvalue weighted by Gasteiger charge is 2.28. The molecule has 0 aliphatic heterocycles. The summed E-state index contributed by atoms with van der Waals surface area (Å²) >= 11 is 0. The van der Waals surface area contributed by atoms with Crippen LogP contribution in [-0.4, -0.2) is 39.3 Å². The Morgan fingerprint density at radius 1 is 0.970 bits per heavy atom. The van der Waals surface area contributed by atoms with Crippen molar-refractivity contribution in [3.05, 3.63) is 84.1 Å². The first-order valence-corrected chi connectivity index (χ1v) is 11.8. The summed E-state index contributed by atoms with van der Waals surface area (Å²) in [6.07, 6.45) is 6.09. The topological polar surface area (TPSA) is 58.7 Å².